The predicted octanol–water partition coefficient (Wildman–Crippen LogP) is -0.698. The van der Waals surface area contributed by atoms with Gasteiger partial charge in [-0.1, -0.05) is 12.2 Å². The van der Waals surface area contributed by atoms with E-state index in [2.05, 4.69) is 15.2 Å². The third kappa shape index (κ3) is 3.67. The Kier molecular flexibility index (Phi) is 5.32. The minimum absolute atomic E-state index is 0.362. The van der Waals surface area contributed by atoms with Crippen molar-refractivity contribution in [1.82, 2.24) is 28.9 Å². The highest BCUT2D eigenvalue weighted by Crippen LogP contribution is 2.05. The lowest BCUT2D eigenvalue weighted by molar-refractivity contribution is 0.400. The molecule has 2 aromatic rings. The number of rotatable bonds is 6. The van der Waals surface area contributed by atoms with Gasteiger partial charge in [0.1, 0.15) is 0 Å². The summed E-state index contributed by atoms with van der Waals surface area (Å²) in [6.45, 7) is 2.12. The van der Waals surface area contributed by atoms with E-state index in [1.54, 1.807) is 17.9 Å². The molecule has 126 valence electrons. The largest absolute Gasteiger partial charge is 0.378 e. The van der Waals surface area contributed by atoms with Gasteiger partial charge in [-0.15, -0.1) is 0 Å². The molecule has 0 saturated heterocycles. The molecule has 0 fully saturated rings. The van der Waals surface area contributed by atoms with Crippen LogP contribution in [0.5, 0.6) is 0 Å². The topological polar surface area (TPSA) is 77.1 Å². The van der Waals surface area contributed by atoms with Gasteiger partial charge in [0.25, 0.3) is 5.56 Å². The smallest absolute Gasteiger partial charge is 0.332 e. The second kappa shape index (κ2) is 7.05. The Labute approximate surface area is 139 Å². The molecule has 2 aromatic heterocycles. The van der Waals surface area contributed by atoms with Crippen LogP contribution in [0.3, 0.4) is 0 Å². The molecule has 2 heterocycles. The maximum absolute atomic E-state index is 12.3. The molecule has 0 aliphatic rings. The second-order valence-corrected chi connectivity index (χ2v) is 6.25. The van der Waals surface area contributed by atoms with Crippen LogP contribution in [0.25, 0.3) is 11.2 Å². The fourth-order valence-corrected chi connectivity index (χ4v) is 2.59. The molecule has 2 rings (SSSR count). The number of nitrogens with one attached hydrogen (secondary N) is 1. The molecule has 23 heavy (non-hydrogen) atoms. The first-order chi connectivity index (χ1) is 10.8. The van der Waals surface area contributed by atoms with Gasteiger partial charge in [-0.2, -0.15) is 0 Å². The maximum atomic E-state index is 12.3. The van der Waals surface area contributed by atoms with Crippen LogP contribution in [-0.4, -0.2) is 55.8 Å². The van der Waals surface area contributed by atoms with E-state index in [9.17, 15) is 9.59 Å². The average molecular weight is 338 g/mol. The molecular formula is C14H22N6O2S. The molecule has 0 radical (unpaired) electrons. The fraction of sp³-hybridized carbons (Fsp3) is 0.571. The highest BCUT2D eigenvalue weighted by molar-refractivity contribution is 7.80. The van der Waals surface area contributed by atoms with Crippen LogP contribution in [-0.2, 0) is 20.6 Å². The van der Waals surface area contributed by atoms with Crippen molar-refractivity contribution in [3.63, 3.8) is 0 Å². The summed E-state index contributed by atoms with van der Waals surface area (Å²) >= 11 is 5.33. The van der Waals surface area contributed by atoms with Crippen molar-refractivity contribution in [2.75, 3.05) is 27.2 Å². The number of imidazole rings is 1. The number of hydrogen-bond acceptors (Lipinski definition) is 5. The van der Waals surface area contributed by atoms with Crippen LogP contribution in [0.1, 0.15) is 6.42 Å². The van der Waals surface area contributed by atoms with Crippen LogP contribution >= 0.6 is 12.2 Å². The van der Waals surface area contributed by atoms with Gasteiger partial charge in [0.15, 0.2) is 11.2 Å². The van der Waals surface area contributed by atoms with E-state index in [-0.39, 0.29) is 5.56 Å². The molecule has 0 unspecified atom stereocenters. The van der Waals surface area contributed by atoms with Gasteiger partial charge in [0.2, 0.25) is 0 Å². The van der Waals surface area contributed by atoms with Gasteiger partial charge in [0, 0.05) is 20.6 Å². The summed E-state index contributed by atoms with van der Waals surface area (Å²) in [7, 11) is 7.10. The highest BCUT2D eigenvalue weighted by Gasteiger charge is 2.14. The zero-order valence-corrected chi connectivity index (χ0v) is 14.7. The third-order valence-corrected chi connectivity index (χ3v) is 3.91. The van der Waals surface area contributed by atoms with Gasteiger partial charge in [-0.05, 0) is 27.1 Å². The van der Waals surface area contributed by atoms with Gasteiger partial charge in [-0.25, -0.2) is 9.78 Å². The number of hydrogen-bond donors (Lipinski definition) is 1. The molecule has 1 N–H and O–H groups in total. The molecule has 0 atom stereocenters. The van der Waals surface area contributed by atoms with E-state index in [1.807, 2.05) is 14.1 Å². The van der Waals surface area contributed by atoms with E-state index in [1.165, 1.54) is 11.6 Å². The number of fused-ring (bicyclic) bond motifs is 1. The number of thiocarbonyl (C=S) groups is 1. The zero-order valence-electron chi connectivity index (χ0n) is 13.9. The van der Waals surface area contributed by atoms with Crippen LogP contribution in [0.4, 0.5) is 0 Å². The van der Waals surface area contributed by atoms with Crippen molar-refractivity contribution in [2.24, 2.45) is 14.1 Å². The van der Waals surface area contributed by atoms with Crippen LogP contribution in [0.2, 0.25) is 0 Å². The van der Waals surface area contributed by atoms with Crippen molar-refractivity contribution in [1.29, 1.82) is 0 Å². The molecule has 9 heteroatoms. The third-order valence-electron chi connectivity index (χ3n) is 3.64. The number of nitrogens with zero attached hydrogens (tertiary/aromatic N) is 5. The summed E-state index contributed by atoms with van der Waals surface area (Å²) in [6, 6.07) is 0. The lowest BCUT2D eigenvalue weighted by Crippen LogP contribution is -2.38. The molecular weight excluding hydrogens is 316 g/mol. The summed E-state index contributed by atoms with van der Waals surface area (Å²) in [5, 5.41) is 3.18. The van der Waals surface area contributed by atoms with E-state index in [0.717, 1.165) is 24.1 Å². The Balaban J connectivity index is 2.17. The predicted molar refractivity (Wildman–Crippen MR) is 94.0 cm³/mol. The number of aromatic nitrogens is 4. The Morgan fingerprint density at radius 1 is 1.30 bits per heavy atom. The Hall–Kier alpha value is -2.00. The lowest BCUT2D eigenvalue weighted by atomic mass is 10.4. The first-order valence-electron chi connectivity index (χ1n) is 7.35. The first-order valence-corrected chi connectivity index (χ1v) is 7.76. The van der Waals surface area contributed by atoms with Gasteiger partial charge in [0.05, 0.1) is 17.9 Å². The van der Waals surface area contributed by atoms with E-state index in [0.29, 0.717) is 22.7 Å². The Bertz CT molecular complexity index is 832. The van der Waals surface area contributed by atoms with Gasteiger partial charge < -0.3 is 14.8 Å². The quantitative estimate of drug-likeness (QED) is 0.555. The van der Waals surface area contributed by atoms with Crippen LogP contribution in [0, 0.1) is 0 Å². The maximum Gasteiger partial charge on any atom is 0.332 e. The molecule has 0 aliphatic carbocycles. The van der Waals surface area contributed by atoms with Crippen molar-refractivity contribution >= 4 is 28.4 Å². The molecule has 0 aromatic carbocycles. The molecule has 0 saturated carbocycles. The van der Waals surface area contributed by atoms with Crippen molar-refractivity contribution in [2.45, 2.75) is 13.0 Å². The van der Waals surface area contributed by atoms with Crippen LogP contribution < -0.4 is 16.6 Å². The monoisotopic (exact) mass is 338 g/mol. The normalized spacial score (nSPS) is 11.3. The van der Waals surface area contributed by atoms with Crippen molar-refractivity contribution < 1.29 is 0 Å². The highest BCUT2D eigenvalue weighted by atomic mass is 32.1. The van der Waals surface area contributed by atoms with Gasteiger partial charge in [-0.3, -0.25) is 13.9 Å². The molecule has 0 spiro atoms. The SMILES string of the molecule is CN(C)CCCNC(=S)Cn1cnc2c1c(=O)n(C)c(=O)n2C. The minimum Gasteiger partial charge on any atom is -0.378 e. The summed E-state index contributed by atoms with van der Waals surface area (Å²) < 4.78 is 4.12. The van der Waals surface area contributed by atoms with E-state index < -0.39 is 5.69 Å². The molecule has 0 amide bonds. The zero-order chi connectivity index (χ0) is 17.1. The van der Waals surface area contributed by atoms with E-state index in [4.69, 9.17) is 12.2 Å². The summed E-state index contributed by atoms with van der Waals surface area (Å²) in [4.78, 5) is 31.1. The molecule has 0 bridgehead atoms. The second-order valence-electron chi connectivity index (χ2n) is 5.76. The first kappa shape index (κ1) is 17.4. The van der Waals surface area contributed by atoms with Gasteiger partial charge >= 0.3 is 5.69 Å². The Morgan fingerprint density at radius 3 is 2.65 bits per heavy atom. The van der Waals surface area contributed by atoms with Crippen molar-refractivity contribution in [3.05, 3.63) is 27.2 Å². The lowest BCUT2D eigenvalue weighted by Gasteiger charge is -2.12. The summed E-state index contributed by atoms with van der Waals surface area (Å²) in [5.74, 6) is 0. The number of aryl methyl sites for hydroxylation is 1. The summed E-state index contributed by atoms with van der Waals surface area (Å²) in [5.41, 5.74) is -0.00584. The minimum atomic E-state index is -0.392. The average Bonchev–Trinajstić information content (AvgIpc) is 2.91. The summed E-state index contributed by atoms with van der Waals surface area (Å²) in [6.07, 6.45) is 2.52. The molecule has 0 aliphatic heterocycles. The van der Waals surface area contributed by atoms with Crippen LogP contribution in [0.15, 0.2) is 15.9 Å². The van der Waals surface area contributed by atoms with E-state index >= 15 is 0 Å². The fourth-order valence-electron chi connectivity index (χ4n) is 2.35. The molecule has 8 nitrogen and oxygen atoms in total. The Morgan fingerprint density at radius 2 is 2.00 bits per heavy atom. The standard InChI is InChI=1S/C14H22N6O2S/c1-17(2)7-5-6-15-10(23)8-20-9-16-12-11(20)13(21)19(4)14(22)18(12)3/h9H,5-8H2,1-4H3,(H,15,23). The van der Waals surface area contributed by atoms with Crippen molar-refractivity contribution in [3.8, 4) is 0 Å².